The van der Waals surface area contributed by atoms with Crippen LogP contribution in [0.3, 0.4) is 0 Å². The summed E-state index contributed by atoms with van der Waals surface area (Å²) in [5.74, 6) is 1.79. The highest BCUT2D eigenvalue weighted by molar-refractivity contribution is 5.37. The van der Waals surface area contributed by atoms with Crippen LogP contribution in [0.2, 0.25) is 0 Å². The second kappa shape index (κ2) is 5.25. The lowest BCUT2D eigenvalue weighted by Crippen LogP contribution is -2.35. The molecular formula is C12H20N4. The molecule has 1 aromatic rings. The maximum Gasteiger partial charge on any atom is 0.151 e. The van der Waals surface area contributed by atoms with E-state index in [0.29, 0.717) is 0 Å². The zero-order valence-corrected chi connectivity index (χ0v) is 10.1. The number of aromatic nitrogens is 2. The second-order valence-corrected chi connectivity index (χ2v) is 4.61. The number of anilines is 1. The molecule has 0 aromatic carbocycles. The fourth-order valence-corrected chi connectivity index (χ4v) is 2.19. The molecule has 0 bridgehead atoms. The number of nitrogens with one attached hydrogen (secondary N) is 1. The Balaban J connectivity index is 2.03. The highest BCUT2D eigenvalue weighted by Gasteiger charge is 2.17. The van der Waals surface area contributed by atoms with Gasteiger partial charge in [0.05, 0.1) is 5.69 Å². The van der Waals surface area contributed by atoms with Gasteiger partial charge in [-0.05, 0) is 37.9 Å². The topological polar surface area (TPSA) is 41.0 Å². The summed E-state index contributed by atoms with van der Waals surface area (Å²) in [6.45, 7) is 5.31. The van der Waals surface area contributed by atoms with E-state index >= 15 is 0 Å². The van der Waals surface area contributed by atoms with E-state index in [1.807, 2.05) is 7.05 Å². The van der Waals surface area contributed by atoms with Crippen LogP contribution in [-0.4, -0.2) is 30.3 Å². The molecule has 4 nitrogen and oxygen atoms in total. The van der Waals surface area contributed by atoms with Crippen molar-refractivity contribution in [2.45, 2.75) is 26.3 Å². The van der Waals surface area contributed by atoms with E-state index in [1.165, 1.54) is 12.8 Å². The number of hydrogen-bond acceptors (Lipinski definition) is 4. The minimum Gasteiger partial charge on any atom is -0.355 e. The van der Waals surface area contributed by atoms with Crippen molar-refractivity contribution in [2.24, 2.45) is 5.92 Å². The van der Waals surface area contributed by atoms with Crippen LogP contribution in [0, 0.1) is 5.92 Å². The lowest BCUT2D eigenvalue weighted by Gasteiger charge is -2.31. The lowest BCUT2D eigenvalue weighted by atomic mass is 10.0. The molecule has 4 heteroatoms. The molecule has 0 radical (unpaired) electrons. The maximum atomic E-state index is 4.29. The Kier molecular flexibility index (Phi) is 3.72. The largest absolute Gasteiger partial charge is 0.355 e. The van der Waals surface area contributed by atoms with Crippen LogP contribution >= 0.6 is 0 Å². The van der Waals surface area contributed by atoms with E-state index in [0.717, 1.165) is 37.1 Å². The first-order chi connectivity index (χ1) is 7.79. The van der Waals surface area contributed by atoms with Crippen molar-refractivity contribution >= 4 is 5.82 Å². The Hall–Kier alpha value is -1.16. The van der Waals surface area contributed by atoms with Crippen LogP contribution in [0.25, 0.3) is 0 Å². The van der Waals surface area contributed by atoms with Gasteiger partial charge in [-0.25, -0.2) is 0 Å². The molecule has 1 aromatic heterocycles. The lowest BCUT2D eigenvalue weighted by molar-refractivity contribution is 0.443. The summed E-state index contributed by atoms with van der Waals surface area (Å²) in [5, 5.41) is 11.6. The van der Waals surface area contributed by atoms with Gasteiger partial charge in [0.25, 0.3) is 0 Å². The van der Waals surface area contributed by atoms with Gasteiger partial charge in [-0.1, -0.05) is 6.92 Å². The van der Waals surface area contributed by atoms with E-state index in [2.05, 4.69) is 39.5 Å². The summed E-state index contributed by atoms with van der Waals surface area (Å²) in [6.07, 6.45) is 2.60. The third kappa shape index (κ3) is 2.70. The predicted molar refractivity (Wildman–Crippen MR) is 65.4 cm³/mol. The number of hydrogen-bond donors (Lipinski definition) is 1. The van der Waals surface area contributed by atoms with Gasteiger partial charge < -0.3 is 10.2 Å². The van der Waals surface area contributed by atoms with Crippen LogP contribution < -0.4 is 10.2 Å². The molecule has 0 aliphatic carbocycles. The molecule has 2 heterocycles. The normalized spacial score (nSPS) is 21.1. The molecule has 0 spiro atoms. The van der Waals surface area contributed by atoms with Gasteiger partial charge in [-0.2, -0.15) is 5.10 Å². The summed E-state index contributed by atoms with van der Waals surface area (Å²) < 4.78 is 0. The first-order valence-corrected chi connectivity index (χ1v) is 6.01. The molecule has 1 aliphatic heterocycles. The Bertz CT molecular complexity index is 322. The highest BCUT2D eigenvalue weighted by atomic mass is 15.3. The molecule has 1 N–H and O–H groups in total. The van der Waals surface area contributed by atoms with Crippen molar-refractivity contribution in [1.29, 1.82) is 0 Å². The van der Waals surface area contributed by atoms with Gasteiger partial charge in [0, 0.05) is 19.6 Å². The van der Waals surface area contributed by atoms with Crippen molar-refractivity contribution in [1.82, 2.24) is 15.5 Å². The smallest absolute Gasteiger partial charge is 0.151 e. The average molecular weight is 220 g/mol. The van der Waals surface area contributed by atoms with Crippen molar-refractivity contribution in [3.05, 3.63) is 17.8 Å². The minimum absolute atomic E-state index is 0.771. The van der Waals surface area contributed by atoms with Crippen LogP contribution in [0.15, 0.2) is 12.1 Å². The average Bonchev–Trinajstić information content (AvgIpc) is 2.30. The summed E-state index contributed by atoms with van der Waals surface area (Å²) in [6, 6.07) is 4.13. The molecule has 16 heavy (non-hydrogen) atoms. The van der Waals surface area contributed by atoms with E-state index in [1.54, 1.807) is 0 Å². The molecule has 0 saturated carbocycles. The van der Waals surface area contributed by atoms with Gasteiger partial charge in [0.2, 0.25) is 0 Å². The third-order valence-corrected chi connectivity index (χ3v) is 3.04. The molecule has 1 atom stereocenters. The Morgan fingerprint density at radius 2 is 2.31 bits per heavy atom. The number of piperidine rings is 1. The molecule has 2 rings (SSSR count). The summed E-state index contributed by atoms with van der Waals surface area (Å²) in [4.78, 5) is 2.34. The first kappa shape index (κ1) is 11.3. The van der Waals surface area contributed by atoms with Crippen LogP contribution in [-0.2, 0) is 6.54 Å². The fraction of sp³-hybridized carbons (Fsp3) is 0.667. The molecule has 1 aliphatic rings. The number of rotatable bonds is 3. The number of nitrogens with zero attached hydrogens (tertiary/aromatic N) is 3. The third-order valence-electron chi connectivity index (χ3n) is 3.04. The summed E-state index contributed by atoms with van der Waals surface area (Å²) >= 11 is 0. The Morgan fingerprint density at radius 3 is 2.94 bits per heavy atom. The zero-order chi connectivity index (χ0) is 11.4. The summed E-state index contributed by atoms with van der Waals surface area (Å²) in [7, 11) is 1.92. The van der Waals surface area contributed by atoms with Crippen molar-refractivity contribution in [3.8, 4) is 0 Å². The van der Waals surface area contributed by atoms with Crippen molar-refractivity contribution in [2.75, 3.05) is 25.0 Å². The Morgan fingerprint density at radius 1 is 1.44 bits per heavy atom. The van der Waals surface area contributed by atoms with Gasteiger partial charge in [0.1, 0.15) is 0 Å². The quantitative estimate of drug-likeness (QED) is 0.836. The minimum atomic E-state index is 0.771. The fourth-order valence-electron chi connectivity index (χ4n) is 2.19. The highest BCUT2D eigenvalue weighted by Crippen LogP contribution is 2.20. The standard InChI is InChI=1S/C12H20N4/c1-10-4-3-7-16(9-10)12-6-5-11(8-13-2)14-15-12/h5-6,10,13H,3-4,7-9H2,1-2H3. The van der Waals surface area contributed by atoms with Crippen LogP contribution in [0.5, 0.6) is 0 Å². The van der Waals surface area contributed by atoms with Gasteiger partial charge >= 0.3 is 0 Å². The van der Waals surface area contributed by atoms with Gasteiger partial charge in [0.15, 0.2) is 5.82 Å². The van der Waals surface area contributed by atoms with Gasteiger partial charge in [-0.3, -0.25) is 0 Å². The monoisotopic (exact) mass is 220 g/mol. The Labute approximate surface area is 97.1 Å². The molecule has 1 unspecified atom stereocenters. The van der Waals surface area contributed by atoms with Crippen molar-refractivity contribution < 1.29 is 0 Å². The maximum absolute atomic E-state index is 4.29. The molecule has 0 amide bonds. The molecule has 1 fully saturated rings. The van der Waals surface area contributed by atoms with Crippen molar-refractivity contribution in [3.63, 3.8) is 0 Å². The molecule has 1 saturated heterocycles. The molecule has 88 valence electrons. The van der Waals surface area contributed by atoms with E-state index in [4.69, 9.17) is 0 Å². The van der Waals surface area contributed by atoms with Gasteiger partial charge in [-0.15, -0.1) is 5.10 Å². The van der Waals surface area contributed by atoms with E-state index in [-0.39, 0.29) is 0 Å². The molecular weight excluding hydrogens is 200 g/mol. The summed E-state index contributed by atoms with van der Waals surface area (Å²) in [5.41, 5.74) is 0.997. The first-order valence-electron chi connectivity index (χ1n) is 6.01. The predicted octanol–water partition coefficient (Wildman–Crippen LogP) is 1.43. The zero-order valence-electron chi connectivity index (χ0n) is 10.1. The van der Waals surface area contributed by atoms with Crippen LogP contribution in [0.4, 0.5) is 5.82 Å². The second-order valence-electron chi connectivity index (χ2n) is 4.61. The van der Waals surface area contributed by atoms with E-state index < -0.39 is 0 Å². The van der Waals surface area contributed by atoms with E-state index in [9.17, 15) is 0 Å². The van der Waals surface area contributed by atoms with Crippen LogP contribution in [0.1, 0.15) is 25.5 Å². The SMILES string of the molecule is CNCc1ccc(N2CCCC(C)C2)nn1.